The Balaban J connectivity index is 0.000000810. The molecule has 0 N–H and O–H groups in total. The van der Waals surface area contributed by atoms with E-state index in [0.717, 1.165) is 4.22 Å². The zero-order valence-corrected chi connectivity index (χ0v) is 13.2. The van der Waals surface area contributed by atoms with Crippen LogP contribution in [0.1, 0.15) is 28.7 Å². The van der Waals surface area contributed by atoms with Gasteiger partial charge in [0.2, 0.25) is 0 Å². The van der Waals surface area contributed by atoms with Crippen LogP contribution in [0.3, 0.4) is 0 Å². The number of rotatable bonds is 2. The van der Waals surface area contributed by atoms with Crippen LogP contribution in [0.2, 0.25) is 0 Å². The second-order valence-corrected chi connectivity index (χ2v) is 6.81. The molecule has 0 radical (unpaired) electrons. The summed E-state index contributed by atoms with van der Waals surface area (Å²) in [5.41, 5.74) is 4.51. The molecule has 0 nitrogen and oxygen atoms in total. The van der Waals surface area contributed by atoms with Crippen molar-refractivity contribution >= 4 is 5.57 Å². The van der Waals surface area contributed by atoms with Gasteiger partial charge in [0.05, 0.1) is 0 Å². The van der Waals surface area contributed by atoms with Gasteiger partial charge in [0.1, 0.15) is 0 Å². The predicted molar refractivity (Wildman–Crippen MR) is 64.7 cm³/mol. The van der Waals surface area contributed by atoms with E-state index in [-0.39, 0.29) is 44.0 Å². The molecular formula is C15H14Cl2Ti. The van der Waals surface area contributed by atoms with Gasteiger partial charge in [-0.15, -0.1) is 0 Å². The Bertz CT molecular complexity index is 515. The Morgan fingerprint density at radius 3 is 2.67 bits per heavy atom. The van der Waals surface area contributed by atoms with E-state index < -0.39 is 0 Å². The average molecular weight is 313 g/mol. The second kappa shape index (κ2) is 6.77. The minimum Gasteiger partial charge on any atom is -1.00 e. The number of benzene rings is 1. The summed E-state index contributed by atoms with van der Waals surface area (Å²) < 4.78 is 2.41. The standard InChI is InChI=1S/C10H9.C5H5.2ClH.Ti/c1-8-6-7-9-4-2-3-5-10(8)9;1-2-4-5-3-1;;;/h2-7H,1H3;1-3H,4H2;2*1H;/q;;;;+2/p-2. The molecule has 0 aromatic heterocycles. The fraction of sp³-hybridized carbons (Fsp3) is 0.200. The van der Waals surface area contributed by atoms with Crippen molar-refractivity contribution in [3.05, 3.63) is 63.6 Å². The average Bonchev–Trinajstić information content (AvgIpc) is 2.90. The third-order valence-electron chi connectivity index (χ3n) is 3.25. The predicted octanol–water partition coefficient (Wildman–Crippen LogP) is -1.92. The first kappa shape index (κ1) is 15.8. The minimum absolute atomic E-state index is 0. The monoisotopic (exact) mass is 312 g/mol. The first-order chi connectivity index (χ1) is 7.84. The summed E-state index contributed by atoms with van der Waals surface area (Å²) >= 11 is -0.0205. The molecule has 0 spiro atoms. The summed E-state index contributed by atoms with van der Waals surface area (Å²) in [6.45, 7) is 2.24. The van der Waals surface area contributed by atoms with E-state index in [1.54, 1.807) is 9.44 Å². The van der Waals surface area contributed by atoms with E-state index in [4.69, 9.17) is 0 Å². The first-order valence-corrected chi connectivity index (χ1v) is 7.43. The van der Waals surface area contributed by atoms with Gasteiger partial charge in [0.15, 0.2) is 0 Å². The van der Waals surface area contributed by atoms with Crippen molar-refractivity contribution < 1.29 is 44.0 Å². The van der Waals surface area contributed by atoms with Crippen LogP contribution in [0.5, 0.6) is 0 Å². The quantitative estimate of drug-likeness (QED) is 0.559. The third-order valence-corrected chi connectivity index (χ3v) is 5.64. The first-order valence-electron chi connectivity index (χ1n) is 5.74. The summed E-state index contributed by atoms with van der Waals surface area (Å²) in [5.74, 6) is 0. The summed E-state index contributed by atoms with van der Waals surface area (Å²) in [7, 11) is 0. The van der Waals surface area contributed by atoms with Crippen molar-refractivity contribution in [3.8, 4) is 0 Å². The van der Waals surface area contributed by atoms with Crippen LogP contribution in [0.15, 0.2) is 52.4 Å². The van der Waals surface area contributed by atoms with Crippen molar-refractivity contribution in [2.45, 2.75) is 17.6 Å². The van der Waals surface area contributed by atoms with Crippen LogP contribution in [-0.2, 0) is 19.2 Å². The molecule has 3 rings (SSSR count). The zero-order chi connectivity index (χ0) is 11.0. The third kappa shape index (κ3) is 3.00. The van der Waals surface area contributed by atoms with E-state index in [9.17, 15) is 0 Å². The van der Waals surface area contributed by atoms with Gasteiger partial charge in [0.25, 0.3) is 0 Å². The Morgan fingerprint density at radius 2 is 1.94 bits per heavy atom. The summed E-state index contributed by atoms with van der Waals surface area (Å²) in [4.78, 5) is 0. The van der Waals surface area contributed by atoms with E-state index >= 15 is 0 Å². The fourth-order valence-electron chi connectivity index (χ4n) is 2.43. The van der Waals surface area contributed by atoms with Crippen molar-refractivity contribution in [1.29, 1.82) is 0 Å². The normalized spacial score (nSPS) is 19.1. The second-order valence-electron chi connectivity index (χ2n) is 4.38. The van der Waals surface area contributed by atoms with Crippen molar-refractivity contribution in [1.82, 2.24) is 0 Å². The largest absolute Gasteiger partial charge is 1.00 e. The molecule has 1 unspecified atom stereocenters. The number of halogens is 2. The van der Waals surface area contributed by atoms with Crippen LogP contribution in [0, 0.1) is 0 Å². The molecule has 18 heavy (non-hydrogen) atoms. The molecule has 1 aromatic carbocycles. The molecular weight excluding hydrogens is 299 g/mol. The van der Waals surface area contributed by atoms with Crippen molar-refractivity contribution in [2.24, 2.45) is 0 Å². The molecule has 0 bridgehead atoms. The molecule has 0 heterocycles. The smallest absolute Gasteiger partial charge is 1.00 e. The molecule has 0 aliphatic heterocycles. The van der Waals surface area contributed by atoms with Crippen LogP contribution >= 0.6 is 0 Å². The molecule has 0 amide bonds. The van der Waals surface area contributed by atoms with Gasteiger partial charge < -0.3 is 24.8 Å². The maximum atomic E-state index is 2.48. The molecule has 2 aliphatic rings. The topological polar surface area (TPSA) is 0 Å². The summed E-state index contributed by atoms with van der Waals surface area (Å²) in [6, 6.07) is 8.88. The van der Waals surface area contributed by atoms with Gasteiger partial charge in [-0.25, -0.2) is 0 Å². The maximum Gasteiger partial charge on any atom is -1.00 e. The van der Waals surface area contributed by atoms with Crippen LogP contribution in [0.4, 0.5) is 0 Å². The number of hydrogen-bond donors (Lipinski definition) is 0. The summed E-state index contributed by atoms with van der Waals surface area (Å²) in [6.07, 6.45) is 10.5. The molecule has 92 valence electrons. The summed E-state index contributed by atoms with van der Waals surface area (Å²) in [5, 5.41) is 0. The Labute approximate surface area is 130 Å². The molecule has 0 fully saturated rings. The SMILES string of the molecule is CC1=C[CH]([Ti+2][C]2=CC=CC2)c2ccccc21.[Cl-].[Cl-]. The van der Waals surface area contributed by atoms with Gasteiger partial charge in [0, 0.05) is 0 Å². The van der Waals surface area contributed by atoms with Crippen molar-refractivity contribution in [2.75, 3.05) is 0 Å². The number of fused-ring (bicyclic) bond motifs is 1. The zero-order valence-electron chi connectivity index (χ0n) is 10.2. The van der Waals surface area contributed by atoms with E-state index in [0.29, 0.717) is 0 Å². The molecule has 2 aliphatic carbocycles. The molecule has 0 saturated heterocycles. The molecule has 1 aromatic rings. The number of hydrogen-bond acceptors (Lipinski definition) is 0. The van der Waals surface area contributed by atoms with E-state index in [1.807, 2.05) is 0 Å². The number of allylic oxidation sites excluding steroid dienone is 6. The van der Waals surface area contributed by atoms with Crippen LogP contribution in [0.25, 0.3) is 5.57 Å². The van der Waals surface area contributed by atoms with Gasteiger partial charge in [-0.1, -0.05) is 0 Å². The van der Waals surface area contributed by atoms with Crippen LogP contribution in [-0.4, -0.2) is 0 Å². The van der Waals surface area contributed by atoms with E-state index in [1.165, 1.54) is 17.6 Å². The Hall–Kier alpha value is -0.266. The van der Waals surface area contributed by atoms with Gasteiger partial charge in [-0.2, -0.15) is 0 Å². The Morgan fingerprint density at radius 1 is 1.17 bits per heavy atom. The van der Waals surface area contributed by atoms with Crippen molar-refractivity contribution in [3.63, 3.8) is 0 Å². The fourth-order valence-corrected chi connectivity index (χ4v) is 4.88. The Kier molecular flexibility index (Phi) is 5.94. The van der Waals surface area contributed by atoms with E-state index in [2.05, 4.69) is 55.5 Å². The maximum absolute atomic E-state index is 2.48. The van der Waals surface area contributed by atoms with Crippen LogP contribution < -0.4 is 24.8 Å². The molecule has 0 saturated carbocycles. The minimum atomic E-state index is -0.0205. The van der Waals surface area contributed by atoms with Gasteiger partial charge >= 0.3 is 106 Å². The molecule has 3 heteroatoms. The van der Waals surface area contributed by atoms with Gasteiger partial charge in [-0.05, 0) is 0 Å². The van der Waals surface area contributed by atoms with Gasteiger partial charge in [-0.3, -0.25) is 0 Å². The molecule has 1 atom stereocenters.